The summed E-state index contributed by atoms with van der Waals surface area (Å²) >= 11 is 0. The van der Waals surface area contributed by atoms with Gasteiger partial charge >= 0.3 is 0 Å². The van der Waals surface area contributed by atoms with E-state index in [1.807, 2.05) is 64.1 Å². The van der Waals surface area contributed by atoms with Crippen LogP contribution in [0, 0.1) is 13.8 Å². The van der Waals surface area contributed by atoms with Crippen molar-refractivity contribution in [1.29, 1.82) is 0 Å². The molecule has 1 N–H and O–H groups in total. The standard InChI is InChI=1S/C23H24O5.C23H24O4/c1-12-9-18-15(10-17(12)25-4)20-19(11-26-18)27-22-13-7-8-23(2,3)28-16(13)6-5-14(22)21(20)24;1-13-9-20-17(11-19(13)24-4)16-10-14-5-6-18-15(7-8-23(2,3)27-18)22(14)26-21(16)12-25-20/h5-10,19-21,24H,11H2,1-4H3;5-9,11,16,21H,10,12H2,1-4H3/t19-,20+,21-;16-,21+/m10/s1. The van der Waals surface area contributed by atoms with Crippen LogP contribution in [0.5, 0.6) is 46.0 Å². The van der Waals surface area contributed by atoms with E-state index < -0.39 is 6.10 Å². The molecule has 4 aromatic rings. The maximum Gasteiger partial charge on any atom is 0.142 e. The van der Waals surface area contributed by atoms with E-state index in [0.29, 0.717) is 19.0 Å². The molecule has 0 saturated carbocycles. The molecule has 0 spiro atoms. The molecule has 0 fully saturated rings. The van der Waals surface area contributed by atoms with Crippen molar-refractivity contribution < 1.29 is 43.0 Å². The molecule has 0 saturated heterocycles. The van der Waals surface area contributed by atoms with Gasteiger partial charge in [0.1, 0.15) is 82.6 Å². The van der Waals surface area contributed by atoms with E-state index in [1.165, 1.54) is 11.1 Å². The van der Waals surface area contributed by atoms with E-state index in [2.05, 4.69) is 50.3 Å². The number of aryl methyl sites for hydroxylation is 2. The Morgan fingerprint density at radius 3 is 1.82 bits per heavy atom. The first-order valence-electron chi connectivity index (χ1n) is 19.1. The van der Waals surface area contributed by atoms with Crippen molar-refractivity contribution in [2.45, 2.75) is 89.3 Å². The zero-order chi connectivity index (χ0) is 38.4. The lowest BCUT2D eigenvalue weighted by atomic mass is 9.79. The number of rotatable bonds is 2. The zero-order valence-corrected chi connectivity index (χ0v) is 32.6. The molecule has 5 atom stereocenters. The number of ether oxygens (including phenoxy) is 8. The van der Waals surface area contributed by atoms with Gasteiger partial charge in [0.15, 0.2) is 0 Å². The van der Waals surface area contributed by atoms with Crippen LogP contribution in [-0.4, -0.2) is 55.9 Å². The summed E-state index contributed by atoms with van der Waals surface area (Å²) in [5.41, 5.74) is 7.44. The predicted octanol–water partition coefficient (Wildman–Crippen LogP) is 8.83. The smallest absolute Gasteiger partial charge is 0.142 e. The summed E-state index contributed by atoms with van der Waals surface area (Å²) < 4.78 is 48.0. The molecule has 6 heterocycles. The van der Waals surface area contributed by atoms with E-state index in [9.17, 15) is 5.11 Å². The number of aliphatic hydroxyl groups is 1. The van der Waals surface area contributed by atoms with Crippen LogP contribution in [-0.2, 0) is 6.42 Å². The molecular weight excluding hydrogens is 696 g/mol. The minimum absolute atomic E-state index is 0.00718. The molecule has 55 heavy (non-hydrogen) atoms. The Balaban J connectivity index is 0.000000144. The number of aliphatic hydroxyl groups excluding tert-OH is 1. The maximum absolute atomic E-state index is 11.3. The Kier molecular flexibility index (Phi) is 8.31. The molecular formula is C46H48O9. The first-order valence-corrected chi connectivity index (χ1v) is 19.1. The first-order chi connectivity index (χ1) is 26.3. The number of benzene rings is 4. The van der Waals surface area contributed by atoms with Crippen LogP contribution >= 0.6 is 0 Å². The van der Waals surface area contributed by atoms with Crippen LogP contribution in [0.15, 0.2) is 60.7 Å². The summed E-state index contributed by atoms with van der Waals surface area (Å²) in [6, 6.07) is 16.2. The van der Waals surface area contributed by atoms with E-state index in [-0.39, 0.29) is 35.2 Å². The van der Waals surface area contributed by atoms with E-state index >= 15 is 0 Å². The third-order valence-corrected chi connectivity index (χ3v) is 11.6. The van der Waals surface area contributed by atoms with Crippen LogP contribution in [0.1, 0.15) is 90.1 Å². The van der Waals surface area contributed by atoms with Crippen LogP contribution < -0.4 is 37.9 Å². The minimum atomic E-state index is -0.697. The quantitative estimate of drug-likeness (QED) is 0.216. The van der Waals surface area contributed by atoms with Crippen LogP contribution in [0.4, 0.5) is 0 Å². The van der Waals surface area contributed by atoms with Crippen molar-refractivity contribution in [2.24, 2.45) is 0 Å². The molecule has 0 aliphatic carbocycles. The molecule has 9 heteroatoms. The second-order valence-electron chi connectivity index (χ2n) is 16.4. The largest absolute Gasteiger partial charge is 0.496 e. The lowest BCUT2D eigenvalue weighted by molar-refractivity contribution is 0.000806. The van der Waals surface area contributed by atoms with Gasteiger partial charge in [-0.05, 0) is 131 Å². The summed E-state index contributed by atoms with van der Waals surface area (Å²) in [4.78, 5) is 0. The van der Waals surface area contributed by atoms with Crippen LogP contribution in [0.25, 0.3) is 12.2 Å². The van der Waals surface area contributed by atoms with Gasteiger partial charge in [-0.3, -0.25) is 0 Å². The number of methoxy groups -OCH3 is 2. The number of hydrogen-bond donors (Lipinski definition) is 1. The Morgan fingerprint density at radius 1 is 0.636 bits per heavy atom. The van der Waals surface area contributed by atoms with Crippen molar-refractivity contribution in [1.82, 2.24) is 0 Å². The highest BCUT2D eigenvalue weighted by molar-refractivity contribution is 5.71. The number of fused-ring (bicyclic) bond motifs is 12. The highest BCUT2D eigenvalue weighted by Gasteiger charge is 2.45. The van der Waals surface area contributed by atoms with Crippen molar-refractivity contribution >= 4 is 12.2 Å². The topological polar surface area (TPSA) is 94.1 Å². The van der Waals surface area contributed by atoms with Gasteiger partial charge in [-0.2, -0.15) is 0 Å². The molecule has 0 bridgehead atoms. The lowest BCUT2D eigenvalue weighted by Crippen LogP contribution is -2.42. The molecule has 9 nitrogen and oxygen atoms in total. The Labute approximate surface area is 322 Å². The van der Waals surface area contributed by atoms with Crippen molar-refractivity contribution in [3.05, 3.63) is 105 Å². The van der Waals surface area contributed by atoms with Gasteiger partial charge in [0.05, 0.1) is 37.4 Å². The van der Waals surface area contributed by atoms with E-state index in [4.69, 9.17) is 37.9 Å². The first kappa shape index (κ1) is 35.4. The second kappa shape index (κ2) is 12.9. The fourth-order valence-electron chi connectivity index (χ4n) is 8.72. The fraction of sp³-hybridized carbons (Fsp3) is 0.391. The average molecular weight is 745 g/mol. The normalized spacial score (nSPS) is 24.7. The highest BCUT2D eigenvalue weighted by Crippen LogP contribution is 2.53. The van der Waals surface area contributed by atoms with Gasteiger partial charge in [-0.25, -0.2) is 0 Å². The second-order valence-corrected chi connectivity index (χ2v) is 16.4. The average Bonchev–Trinajstić information content (AvgIpc) is 3.15. The van der Waals surface area contributed by atoms with Crippen molar-refractivity contribution in [3.63, 3.8) is 0 Å². The Morgan fingerprint density at radius 2 is 1.18 bits per heavy atom. The van der Waals surface area contributed by atoms with Gasteiger partial charge in [0.2, 0.25) is 0 Å². The van der Waals surface area contributed by atoms with Crippen LogP contribution in [0.2, 0.25) is 0 Å². The Hall–Kier alpha value is -5.28. The van der Waals surface area contributed by atoms with E-state index in [1.54, 1.807) is 14.2 Å². The monoisotopic (exact) mass is 744 g/mol. The summed E-state index contributed by atoms with van der Waals surface area (Å²) in [7, 11) is 3.36. The summed E-state index contributed by atoms with van der Waals surface area (Å²) in [6.45, 7) is 13.1. The molecule has 0 amide bonds. The third-order valence-electron chi connectivity index (χ3n) is 11.6. The van der Waals surface area contributed by atoms with Gasteiger partial charge in [-0.15, -0.1) is 0 Å². The van der Waals surface area contributed by atoms with Crippen molar-refractivity contribution in [2.75, 3.05) is 27.4 Å². The fourth-order valence-corrected chi connectivity index (χ4v) is 8.72. The molecule has 6 aliphatic rings. The third kappa shape index (κ3) is 6.04. The van der Waals surface area contributed by atoms with Gasteiger partial charge in [0, 0.05) is 22.6 Å². The molecule has 10 rings (SSSR count). The Bertz CT molecular complexity index is 2270. The number of hydrogen-bond acceptors (Lipinski definition) is 9. The van der Waals surface area contributed by atoms with Crippen LogP contribution in [0.3, 0.4) is 0 Å². The van der Waals surface area contributed by atoms with Gasteiger partial charge in [-0.1, -0.05) is 6.07 Å². The lowest BCUT2D eigenvalue weighted by Gasteiger charge is -2.42. The summed E-state index contributed by atoms with van der Waals surface area (Å²) in [6.07, 6.45) is 8.19. The molecule has 4 aromatic carbocycles. The van der Waals surface area contributed by atoms with E-state index in [0.717, 1.165) is 80.0 Å². The van der Waals surface area contributed by atoms with Crippen molar-refractivity contribution in [3.8, 4) is 46.0 Å². The SMILES string of the molecule is COc1cc2c(cc1C)OC[C@H]1Oc3c(ccc4c3C=CC(C)(C)O4)C[C@@H]21.COc1cc2c(cc1C)OC[C@H]1Oc3c(ccc4c3C=CC(C)(C)O4)[C@@H](O)[C@@H]21. The molecule has 0 aromatic heterocycles. The molecule has 0 unspecified atom stereocenters. The molecule has 286 valence electrons. The molecule has 6 aliphatic heterocycles. The highest BCUT2D eigenvalue weighted by atomic mass is 16.6. The maximum atomic E-state index is 11.3. The van der Waals surface area contributed by atoms with Gasteiger partial charge in [0.25, 0.3) is 0 Å². The predicted molar refractivity (Wildman–Crippen MR) is 210 cm³/mol. The summed E-state index contributed by atoms with van der Waals surface area (Å²) in [5.74, 6) is 6.74. The minimum Gasteiger partial charge on any atom is -0.496 e. The zero-order valence-electron chi connectivity index (χ0n) is 32.6. The summed E-state index contributed by atoms with van der Waals surface area (Å²) in [5, 5.41) is 11.3. The molecule has 0 radical (unpaired) electrons. The van der Waals surface area contributed by atoms with Gasteiger partial charge < -0.3 is 43.0 Å².